The predicted octanol–water partition coefficient (Wildman–Crippen LogP) is 4.44. The lowest BCUT2D eigenvalue weighted by molar-refractivity contribution is 0.180. The number of fused-ring (bicyclic) bond motifs is 1. The molecule has 184 valence electrons. The molecule has 3 aromatic rings. The Kier molecular flexibility index (Phi) is 8.74. The number of halogens is 2. The Morgan fingerprint density at radius 1 is 1.09 bits per heavy atom. The van der Waals surface area contributed by atoms with Crippen molar-refractivity contribution in [1.82, 2.24) is 19.4 Å². The lowest BCUT2D eigenvalue weighted by Gasteiger charge is -2.32. The minimum atomic E-state index is -0.359. The van der Waals surface area contributed by atoms with E-state index < -0.39 is 0 Å². The highest BCUT2D eigenvalue weighted by Gasteiger charge is 2.24. The second kappa shape index (κ2) is 11.5. The summed E-state index contributed by atoms with van der Waals surface area (Å²) in [6, 6.07) is 13.1. The molecule has 0 saturated carbocycles. The van der Waals surface area contributed by atoms with Crippen LogP contribution in [0.25, 0.3) is 11.0 Å². The molecule has 1 aromatic heterocycles. The van der Waals surface area contributed by atoms with E-state index in [2.05, 4.69) is 10.2 Å². The molecular weight excluding hydrogens is 459 g/mol. The van der Waals surface area contributed by atoms with E-state index in [1.54, 1.807) is 16.7 Å². The predicted molar refractivity (Wildman–Crippen MR) is 134 cm³/mol. The number of carbonyl (C=O) groups excluding carboxylic acids is 1. The topological polar surface area (TPSA) is 68.5 Å². The Labute approximate surface area is 204 Å². The molecule has 1 fully saturated rings. The van der Waals surface area contributed by atoms with Crippen LogP contribution in [0.3, 0.4) is 0 Å². The smallest absolute Gasteiger partial charge is 0.337 e. The standard InChI is InChI=1S/C25H31FN4O3.ClH/c1-18(2)29-22-6-3-4-7-23(22)30(25(29)32)24(31)27-20-12-15-28(16-13-20)14-5-17-33-21-10-8-19(26)9-11-21;/h3-4,6-11,18,20H,5,12-17H2,1-2H3,(H,27,31);1H. The van der Waals surface area contributed by atoms with Crippen LogP contribution in [0.2, 0.25) is 0 Å². The highest BCUT2D eigenvalue weighted by molar-refractivity contribution is 5.89. The zero-order chi connectivity index (χ0) is 23.4. The summed E-state index contributed by atoms with van der Waals surface area (Å²) in [4.78, 5) is 28.3. The van der Waals surface area contributed by atoms with Gasteiger partial charge in [-0.25, -0.2) is 18.5 Å². The van der Waals surface area contributed by atoms with Crippen LogP contribution in [0.1, 0.15) is 39.2 Å². The molecule has 1 aliphatic rings. The molecule has 1 saturated heterocycles. The summed E-state index contributed by atoms with van der Waals surface area (Å²) in [5, 5.41) is 3.06. The van der Waals surface area contributed by atoms with Gasteiger partial charge in [-0.15, -0.1) is 12.4 Å². The monoisotopic (exact) mass is 490 g/mol. The van der Waals surface area contributed by atoms with Gasteiger partial charge in [0.2, 0.25) is 0 Å². The molecule has 0 radical (unpaired) electrons. The van der Waals surface area contributed by atoms with Gasteiger partial charge in [-0.3, -0.25) is 4.57 Å². The third kappa shape index (κ3) is 5.80. The van der Waals surface area contributed by atoms with Crippen LogP contribution in [0.5, 0.6) is 5.75 Å². The SMILES string of the molecule is CC(C)n1c(=O)n(C(=O)NC2CCN(CCCOc3ccc(F)cc3)CC2)c2ccccc21.Cl. The number of nitrogens with zero attached hydrogens (tertiary/aromatic N) is 3. The van der Waals surface area contributed by atoms with E-state index in [9.17, 15) is 14.0 Å². The molecule has 2 aromatic carbocycles. The first-order valence-electron chi connectivity index (χ1n) is 11.6. The number of hydrogen-bond donors (Lipinski definition) is 1. The van der Waals surface area contributed by atoms with Crippen molar-refractivity contribution in [3.05, 3.63) is 64.8 Å². The number of likely N-dealkylation sites (tertiary alicyclic amines) is 1. The number of ether oxygens (including phenoxy) is 1. The lowest BCUT2D eigenvalue weighted by atomic mass is 10.1. The van der Waals surface area contributed by atoms with Gasteiger partial charge in [-0.1, -0.05) is 12.1 Å². The van der Waals surface area contributed by atoms with Crippen molar-refractivity contribution < 1.29 is 13.9 Å². The molecule has 9 heteroatoms. The van der Waals surface area contributed by atoms with Crippen LogP contribution in [-0.4, -0.2) is 52.3 Å². The summed E-state index contributed by atoms with van der Waals surface area (Å²) in [6.45, 7) is 7.12. The highest BCUT2D eigenvalue weighted by atomic mass is 35.5. The molecule has 2 heterocycles. The quantitative estimate of drug-likeness (QED) is 0.497. The molecule has 1 aliphatic heterocycles. The van der Waals surface area contributed by atoms with Crippen molar-refractivity contribution in [3.8, 4) is 5.75 Å². The van der Waals surface area contributed by atoms with Crippen LogP contribution in [0.15, 0.2) is 53.3 Å². The fourth-order valence-corrected chi connectivity index (χ4v) is 4.42. The van der Waals surface area contributed by atoms with E-state index in [1.807, 2.05) is 38.1 Å². The van der Waals surface area contributed by atoms with E-state index in [0.29, 0.717) is 17.9 Å². The molecule has 7 nitrogen and oxygen atoms in total. The Hall–Kier alpha value is -2.84. The van der Waals surface area contributed by atoms with Crippen LogP contribution in [0, 0.1) is 5.82 Å². The normalized spacial score (nSPS) is 14.8. The fraction of sp³-hybridized carbons (Fsp3) is 0.440. The first-order chi connectivity index (χ1) is 15.9. The third-order valence-corrected chi connectivity index (χ3v) is 6.12. The lowest BCUT2D eigenvalue weighted by Crippen LogP contribution is -2.47. The minimum absolute atomic E-state index is 0. The van der Waals surface area contributed by atoms with Gasteiger partial charge in [0.05, 0.1) is 17.6 Å². The number of piperidine rings is 1. The molecule has 0 unspecified atom stereocenters. The molecular formula is C25H32ClFN4O3. The summed E-state index contributed by atoms with van der Waals surface area (Å²) in [5.74, 6) is 0.403. The Balaban J connectivity index is 0.00000324. The average Bonchev–Trinajstić information content (AvgIpc) is 3.11. The Bertz CT molecular complexity index is 1150. The maximum Gasteiger partial charge on any atom is 0.337 e. The number of carbonyl (C=O) groups is 1. The van der Waals surface area contributed by atoms with Crippen molar-refractivity contribution in [2.24, 2.45) is 0 Å². The number of aromatic nitrogens is 2. The fourth-order valence-electron chi connectivity index (χ4n) is 4.42. The van der Waals surface area contributed by atoms with E-state index in [0.717, 1.165) is 44.4 Å². The maximum absolute atomic E-state index is 13.0. The number of nitrogens with one attached hydrogen (secondary N) is 1. The van der Waals surface area contributed by atoms with Crippen LogP contribution in [-0.2, 0) is 0 Å². The Morgan fingerprint density at radius 3 is 2.38 bits per heavy atom. The van der Waals surface area contributed by atoms with E-state index >= 15 is 0 Å². The van der Waals surface area contributed by atoms with Crippen LogP contribution in [0.4, 0.5) is 9.18 Å². The first kappa shape index (κ1) is 25.8. The van der Waals surface area contributed by atoms with Gasteiger partial charge in [0.25, 0.3) is 0 Å². The van der Waals surface area contributed by atoms with E-state index in [-0.39, 0.29) is 42.0 Å². The molecule has 34 heavy (non-hydrogen) atoms. The molecule has 1 amide bonds. The molecule has 0 spiro atoms. The summed E-state index contributed by atoms with van der Waals surface area (Å²) < 4.78 is 21.5. The number of rotatable bonds is 7. The van der Waals surface area contributed by atoms with Crippen LogP contribution >= 0.6 is 12.4 Å². The van der Waals surface area contributed by atoms with Crippen molar-refractivity contribution in [2.75, 3.05) is 26.2 Å². The second-order valence-electron chi connectivity index (χ2n) is 8.79. The summed E-state index contributed by atoms with van der Waals surface area (Å²) in [5.41, 5.74) is 1.10. The van der Waals surface area contributed by atoms with Gasteiger partial charge in [0.15, 0.2) is 0 Å². The van der Waals surface area contributed by atoms with Gasteiger partial charge in [0, 0.05) is 31.7 Å². The number of hydrogen-bond acceptors (Lipinski definition) is 4. The van der Waals surface area contributed by atoms with E-state index in [1.165, 1.54) is 16.7 Å². The van der Waals surface area contributed by atoms with Gasteiger partial charge in [-0.05, 0) is 69.5 Å². The average molecular weight is 491 g/mol. The van der Waals surface area contributed by atoms with Gasteiger partial charge >= 0.3 is 11.7 Å². The molecule has 0 bridgehead atoms. The van der Waals surface area contributed by atoms with Gasteiger partial charge in [0.1, 0.15) is 11.6 Å². The molecule has 0 atom stereocenters. The molecule has 4 rings (SSSR count). The largest absolute Gasteiger partial charge is 0.494 e. The van der Waals surface area contributed by atoms with Crippen molar-refractivity contribution in [1.29, 1.82) is 0 Å². The van der Waals surface area contributed by atoms with Crippen molar-refractivity contribution in [3.63, 3.8) is 0 Å². The number of imidazole rings is 1. The maximum atomic E-state index is 13.0. The summed E-state index contributed by atoms with van der Waals surface area (Å²) in [6.07, 6.45) is 2.54. The minimum Gasteiger partial charge on any atom is -0.494 e. The Morgan fingerprint density at radius 2 is 1.74 bits per heavy atom. The van der Waals surface area contributed by atoms with Crippen molar-refractivity contribution >= 4 is 29.5 Å². The third-order valence-electron chi connectivity index (χ3n) is 6.12. The van der Waals surface area contributed by atoms with Crippen LogP contribution < -0.4 is 15.7 Å². The number of benzene rings is 2. The number of para-hydroxylation sites is 2. The zero-order valence-electron chi connectivity index (χ0n) is 19.6. The second-order valence-corrected chi connectivity index (χ2v) is 8.79. The van der Waals surface area contributed by atoms with E-state index in [4.69, 9.17) is 4.74 Å². The number of amides is 1. The highest BCUT2D eigenvalue weighted by Crippen LogP contribution is 2.18. The summed E-state index contributed by atoms with van der Waals surface area (Å²) >= 11 is 0. The van der Waals surface area contributed by atoms with Crippen molar-refractivity contribution in [2.45, 2.75) is 45.2 Å². The summed E-state index contributed by atoms with van der Waals surface area (Å²) in [7, 11) is 0. The molecule has 1 N–H and O–H groups in total. The van der Waals surface area contributed by atoms with Gasteiger partial charge in [-0.2, -0.15) is 0 Å². The van der Waals surface area contributed by atoms with Gasteiger partial charge < -0.3 is 15.0 Å². The molecule has 0 aliphatic carbocycles. The first-order valence-corrected chi connectivity index (χ1v) is 11.6. The zero-order valence-corrected chi connectivity index (χ0v) is 20.4.